The van der Waals surface area contributed by atoms with E-state index in [0.29, 0.717) is 0 Å². The highest BCUT2D eigenvalue weighted by Gasteiger charge is 2.77. The molecule has 7 nitrogen and oxygen atoms in total. The van der Waals surface area contributed by atoms with Crippen molar-refractivity contribution >= 4 is 55.9 Å². The molecule has 0 aliphatic carbocycles. The molecule has 0 aromatic carbocycles. The number of Topliss-reactive ketones (excluding diaryl/α,β-unsaturated/α-hetero) is 3. The Morgan fingerprint density at radius 3 is 1.76 bits per heavy atom. The summed E-state index contributed by atoms with van der Waals surface area (Å²) in [6.45, 7) is 2.76. The van der Waals surface area contributed by atoms with Crippen molar-refractivity contribution in [2.24, 2.45) is 0 Å². The molecule has 1 aliphatic heterocycles. The minimum absolute atomic E-state index is 0.0412. The van der Waals surface area contributed by atoms with E-state index in [2.05, 4.69) is 15.9 Å². The van der Waals surface area contributed by atoms with E-state index in [1.807, 2.05) is 0 Å². The third kappa shape index (κ3) is 2.24. The van der Waals surface area contributed by atoms with Gasteiger partial charge in [-0.25, -0.2) is 0 Å². The molecule has 0 bridgehead atoms. The van der Waals surface area contributed by atoms with Crippen molar-refractivity contribution < 1.29 is 34.4 Å². The third-order valence-corrected chi connectivity index (χ3v) is 5.58. The first-order chi connectivity index (χ1) is 9.42. The van der Waals surface area contributed by atoms with E-state index in [0.717, 1.165) is 20.8 Å². The van der Waals surface area contributed by atoms with E-state index in [9.17, 15) is 29.7 Å². The van der Waals surface area contributed by atoms with E-state index >= 15 is 0 Å². The van der Waals surface area contributed by atoms with E-state index in [1.165, 1.54) is 0 Å². The fraction of sp³-hybridized carbons (Fsp3) is 0.750. The molecule has 0 unspecified atom stereocenters. The molecule has 1 heterocycles. The summed E-state index contributed by atoms with van der Waals surface area (Å²) in [4.78, 5) is 35.8. The Bertz CT molecular complexity index is 498. The summed E-state index contributed by atoms with van der Waals surface area (Å²) < 4.78 is 5.33. The molecule has 0 radical (unpaired) electrons. The van der Waals surface area contributed by atoms with Gasteiger partial charge in [-0.2, -0.15) is 0 Å². The van der Waals surface area contributed by atoms with Crippen LogP contribution in [0.25, 0.3) is 0 Å². The smallest absolute Gasteiger partial charge is 0.200 e. The second-order valence-electron chi connectivity index (χ2n) is 5.01. The normalized spacial score (nSPS) is 43.4. The van der Waals surface area contributed by atoms with E-state index < -0.39 is 45.3 Å². The van der Waals surface area contributed by atoms with Crippen molar-refractivity contribution in [1.82, 2.24) is 0 Å². The summed E-state index contributed by atoms with van der Waals surface area (Å²) in [5.41, 5.74) is -8.58. The first-order valence-corrected chi connectivity index (χ1v) is 8.42. The maximum absolute atomic E-state index is 12.0. The summed E-state index contributed by atoms with van der Waals surface area (Å²) in [7, 11) is 0. The number of alkyl halides is 2. The van der Waals surface area contributed by atoms with Crippen LogP contribution in [-0.2, 0) is 19.1 Å². The van der Waals surface area contributed by atoms with Crippen molar-refractivity contribution in [2.75, 3.05) is 4.43 Å². The van der Waals surface area contributed by atoms with Crippen molar-refractivity contribution in [3.8, 4) is 0 Å². The van der Waals surface area contributed by atoms with Gasteiger partial charge in [0.15, 0.2) is 33.6 Å². The van der Waals surface area contributed by atoms with E-state index in [4.69, 9.17) is 4.74 Å². The van der Waals surface area contributed by atoms with Gasteiger partial charge in [0.05, 0.1) is 0 Å². The highest BCUT2D eigenvalue weighted by Crippen LogP contribution is 2.48. The van der Waals surface area contributed by atoms with Gasteiger partial charge in [0.2, 0.25) is 5.60 Å². The third-order valence-electron chi connectivity index (χ3n) is 3.90. The largest absolute Gasteiger partial charge is 0.376 e. The molecule has 1 fully saturated rings. The van der Waals surface area contributed by atoms with Crippen LogP contribution in [0.2, 0.25) is 0 Å². The van der Waals surface area contributed by atoms with Crippen molar-refractivity contribution in [2.45, 2.75) is 48.7 Å². The van der Waals surface area contributed by atoms with Crippen LogP contribution in [-0.4, -0.2) is 65.0 Å². The molecular formula is C12H16BrIO7. The van der Waals surface area contributed by atoms with Gasteiger partial charge >= 0.3 is 0 Å². The molecule has 1 aliphatic rings. The van der Waals surface area contributed by atoms with Crippen molar-refractivity contribution in [3.63, 3.8) is 0 Å². The lowest BCUT2D eigenvalue weighted by atomic mass is 9.62. The van der Waals surface area contributed by atoms with Crippen LogP contribution >= 0.6 is 38.5 Å². The lowest BCUT2D eigenvalue weighted by molar-refractivity contribution is -0.297. The molecule has 0 aromatic heterocycles. The summed E-state index contributed by atoms with van der Waals surface area (Å²) in [5.74, 6) is -3.12. The summed E-state index contributed by atoms with van der Waals surface area (Å²) >= 11 is 4.70. The van der Waals surface area contributed by atoms with Crippen LogP contribution in [0.1, 0.15) is 20.8 Å². The maximum atomic E-state index is 12.0. The molecule has 3 N–H and O–H groups in total. The molecule has 21 heavy (non-hydrogen) atoms. The first kappa shape index (κ1) is 19.1. The lowest BCUT2D eigenvalue weighted by Crippen LogP contribution is -2.85. The molecule has 1 saturated heterocycles. The number of halogens is 2. The molecule has 5 atom stereocenters. The number of ketones is 3. The average molecular weight is 479 g/mol. The standard InChI is InChI=1S/C12H16BrIO7/c1-5(15)10(18)8(4-14)21-9(13)11(19,6(2)16)12(10,20)7(3)17/h8-9,18-20H,4H2,1-3H3/t8-,9+,10-,11-,12+/m1/s1. The molecule has 0 spiro atoms. The van der Waals surface area contributed by atoms with E-state index in [1.54, 1.807) is 22.6 Å². The first-order valence-electron chi connectivity index (χ1n) is 5.98. The van der Waals surface area contributed by atoms with Crippen LogP contribution in [0.3, 0.4) is 0 Å². The zero-order valence-corrected chi connectivity index (χ0v) is 15.3. The number of rotatable bonds is 4. The Balaban J connectivity index is 3.78. The van der Waals surface area contributed by atoms with Crippen LogP contribution in [0.5, 0.6) is 0 Å². The fourth-order valence-corrected chi connectivity index (χ4v) is 4.37. The van der Waals surface area contributed by atoms with Gasteiger partial charge < -0.3 is 20.1 Å². The van der Waals surface area contributed by atoms with Crippen LogP contribution in [0.4, 0.5) is 0 Å². The number of hydrogen-bond acceptors (Lipinski definition) is 7. The zero-order valence-electron chi connectivity index (χ0n) is 11.6. The Hall–Kier alpha value is 0.0600. The second-order valence-corrected chi connectivity index (χ2v) is 6.72. The summed E-state index contributed by atoms with van der Waals surface area (Å²) in [6, 6.07) is 0. The lowest BCUT2D eigenvalue weighted by Gasteiger charge is -2.56. The van der Waals surface area contributed by atoms with Crippen LogP contribution in [0, 0.1) is 0 Å². The van der Waals surface area contributed by atoms with Crippen molar-refractivity contribution in [1.29, 1.82) is 0 Å². The van der Waals surface area contributed by atoms with Crippen LogP contribution < -0.4 is 0 Å². The Kier molecular flexibility index (Phi) is 5.39. The monoisotopic (exact) mass is 478 g/mol. The number of aliphatic hydroxyl groups is 3. The van der Waals surface area contributed by atoms with Crippen molar-refractivity contribution in [3.05, 3.63) is 0 Å². The Morgan fingerprint density at radius 2 is 1.48 bits per heavy atom. The topological polar surface area (TPSA) is 121 Å². The van der Waals surface area contributed by atoms with Crippen LogP contribution in [0.15, 0.2) is 0 Å². The highest BCUT2D eigenvalue weighted by atomic mass is 127. The Morgan fingerprint density at radius 1 is 1.05 bits per heavy atom. The van der Waals surface area contributed by atoms with Gasteiger partial charge in [0.1, 0.15) is 6.10 Å². The van der Waals surface area contributed by atoms with Gasteiger partial charge in [0.25, 0.3) is 0 Å². The molecule has 1 rings (SSSR count). The predicted molar refractivity (Wildman–Crippen MR) is 83.4 cm³/mol. The molecule has 0 saturated carbocycles. The number of hydrogen-bond donors (Lipinski definition) is 3. The SMILES string of the molecule is CC(=O)[C@@]1(O)[C@@](O)(C(C)=O)[C@@H](Br)O[C@H](CI)[C@]1(O)C(C)=O. The number of carbonyl (C=O) groups excluding carboxylic acids is 3. The summed E-state index contributed by atoms with van der Waals surface area (Å²) in [5, 5.41) is 30.6. The fourth-order valence-electron chi connectivity index (χ4n) is 2.61. The Labute approximate surface area is 143 Å². The van der Waals surface area contributed by atoms with E-state index in [-0.39, 0.29) is 4.43 Å². The number of carbonyl (C=O) groups is 3. The second kappa shape index (κ2) is 5.93. The van der Waals surface area contributed by atoms with Gasteiger partial charge in [0, 0.05) is 4.43 Å². The maximum Gasteiger partial charge on any atom is 0.200 e. The summed E-state index contributed by atoms with van der Waals surface area (Å²) in [6.07, 6.45) is -1.28. The molecule has 0 aromatic rings. The number of ether oxygens (including phenoxy) is 1. The van der Waals surface area contributed by atoms with Gasteiger partial charge in [-0.05, 0) is 20.8 Å². The molecule has 120 valence electrons. The van der Waals surface area contributed by atoms with Gasteiger partial charge in [-0.1, -0.05) is 38.5 Å². The predicted octanol–water partition coefficient (Wildman–Crippen LogP) is -0.498. The minimum Gasteiger partial charge on any atom is -0.376 e. The minimum atomic E-state index is -3.03. The average Bonchev–Trinajstić information content (AvgIpc) is 2.39. The molecule has 9 heteroatoms. The van der Waals surface area contributed by atoms with Gasteiger partial charge in [-0.15, -0.1) is 0 Å². The van der Waals surface area contributed by atoms with Gasteiger partial charge in [-0.3, -0.25) is 14.4 Å². The molecular weight excluding hydrogens is 463 g/mol. The molecule has 0 amide bonds. The zero-order chi connectivity index (χ0) is 16.8. The highest BCUT2D eigenvalue weighted by molar-refractivity contribution is 14.1. The quantitative estimate of drug-likeness (QED) is 0.368.